The molecule has 26 heavy (non-hydrogen) atoms. The molecular formula is C17H23N5O3S. The molecule has 2 atom stereocenters. The Kier molecular flexibility index (Phi) is 5.40. The Bertz CT molecular complexity index is 876. The first kappa shape index (κ1) is 18.6. The first-order valence-electron chi connectivity index (χ1n) is 8.35. The summed E-state index contributed by atoms with van der Waals surface area (Å²) in [5, 5.41) is 10.4. The summed E-state index contributed by atoms with van der Waals surface area (Å²) in [6.45, 7) is 1.60. The van der Waals surface area contributed by atoms with Crippen molar-refractivity contribution < 1.29 is 13.2 Å². The van der Waals surface area contributed by atoms with Crippen LogP contribution in [-0.2, 0) is 28.4 Å². The molecule has 0 radical (unpaired) electrons. The molecule has 0 bridgehead atoms. The number of aromatic nitrogens is 2. The molecule has 1 aliphatic rings. The number of hydrogen-bond acceptors (Lipinski definition) is 5. The van der Waals surface area contributed by atoms with Gasteiger partial charge in [-0.25, -0.2) is 13.1 Å². The molecule has 0 aliphatic carbocycles. The maximum absolute atomic E-state index is 12.7. The van der Waals surface area contributed by atoms with Crippen LogP contribution < -0.4 is 15.4 Å². The van der Waals surface area contributed by atoms with Crippen LogP contribution in [0.3, 0.4) is 0 Å². The van der Waals surface area contributed by atoms with Gasteiger partial charge >= 0.3 is 0 Å². The van der Waals surface area contributed by atoms with Crippen molar-refractivity contribution >= 4 is 21.6 Å². The minimum Gasteiger partial charge on any atom is -0.326 e. The van der Waals surface area contributed by atoms with E-state index in [1.165, 1.54) is 0 Å². The molecule has 1 aromatic heterocycles. The molecule has 0 spiro atoms. The zero-order valence-corrected chi connectivity index (χ0v) is 15.6. The van der Waals surface area contributed by atoms with Gasteiger partial charge in [-0.2, -0.15) is 5.10 Å². The highest BCUT2D eigenvalue weighted by Crippen LogP contribution is 2.28. The number of amides is 1. The van der Waals surface area contributed by atoms with E-state index in [4.69, 9.17) is 0 Å². The van der Waals surface area contributed by atoms with Crippen LogP contribution in [0.25, 0.3) is 0 Å². The van der Waals surface area contributed by atoms with Gasteiger partial charge in [0, 0.05) is 44.5 Å². The van der Waals surface area contributed by atoms with Gasteiger partial charge in [0.1, 0.15) is 0 Å². The first-order chi connectivity index (χ1) is 12.3. The third kappa shape index (κ3) is 4.69. The van der Waals surface area contributed by atoms with Crippen molar-refractivity contribution in [2.24, 2.45) is 13.0 Å². The molecule has 9 heteroatoms. The quantitative estimate of drug-likeness (QED) is 0.676. The molecule has 1 saturated heterocycles. The van der Waals surface area contributed by atoms with E-state index in [-0.39, 0.29) is 24.3 Å². The molecule has 2 aromatic rings. The number of nitrogens with zero attached hydrogens (tertiary/aromatic N) is 2. The zero-order chi connectivity index (χ0) is 18.7. The number of anilines is 1. The number of carbonyl (C=O) groups is 1. The van der Waals surface area contributed by atoms with E-state index in [2.05, 4.69) is 20.5 Å². The van der Waals surface area contributed by atoms with Crippen molar-refractivity contribution in [3.8, 4) is 0 Å². The van der Waals surface area contributed by atoms with Crippen LogP contribution >= 0.6 is 0 Å². The van der Waals surface area contributed by atoms with Crippen molar-refractivity contribution in [2.75, 3.05) is 24.7 Å². The van der Waals surface area contributed by atoms with Gasteiger partial charge < -0.3 is 10.6 Å². The fourth-order valence-electron chi connectivity index (χ4n) is 3.09. The summed E-state index contributed by atoms with van der Waals surface area (Å²) in [5.74, 6) is -0.0985. The molecule has 1 aromatic carbocycles. The Morgan fingerprint density at radius 1 is 1.31 bits per heavy atom. The molecule has 0 saturated carbocycles. The van der Waals surface area contributed by atoms with Gasteiger partial charge in [-0.3, -0.25) is 9.48 Å². The van der Waals surface area contributed by atoms with E-state index in [1.54, 1.807) is 28.9 Å². The molecule has 0 unspecified atom stereocenters. The summed E-state index contributed by atoms with van der Waals surface area (Å²) < 4.78 is 26.4. The zero-order valence-electron chi connectivity index (χ0n) is 14.8. The summed E-state index contributed by atoms with van der Waals surface area (Å²) in [6.07, 6.45) is 4.87. The molecule has 3 N–H and O–H groups in total. The van der Waals surface area contributed by atoms with Gasteiger partial charge in [0.25, 0.3) is 0 Å². The second-order valence-corrected chi connectivity index (χ2v) is 8.43. The topological polar surface area (TPSA) is 105 Å². The number of aryl methyl sites for hydroxylation is 1. The van der Waals surface area contributed by atoms with Crippen molar-refractivity contribution in [2.45, 2.75) is 12.5 Å². The second kappa shape index (κ2) is 7.56. The molecule has 2 heterocycles. The van der Waals surface area contributed by atoms with Crippen molar-refractivity contribution in [1.82, 2.24) is 19.8 Å². The molecule has 1 amide bonds. The Balaban J connectivity index is 1.62. The predicted octanol–water partition coefficient (Wildman–Crippen LogP) is 0.411. The molecule has 1 aliphatic heterocycles. The van der Waals surface area contributed by atoms with Gasteiger partial charge in [-0.15, -0.1) is 0 Å². The summed E-state index contributed by atoms with van der Waals surface area (Å²) in [6, 6.07) is 7.13. The lowest BCUT2D eigenvalue weighted by Gasteiger charge is -2.17. The van der Waals surface area contributed by atoms with E-state index in [1.807, 2.05) is 19.4 Å². The number of benzene rings is 1. The average Bonchev–Trinajstić information content (AvgIpc) is 3.22. The Labute approximate surface area is 153 Å². The maximum atomic E-state index is 12.7. The highest BCUT2D eigenvalue weighted by Gasteiger charge is 2.34. The van der Waals surface area contributed by atoms with Crippen LogP contribution in [0.1, 0.15) is 17.0 Å². The number of carbonyl (C=O) groups excluding carboxylic acids is 1. The fraction of sp³-hybridized carbons (Fsp3) is 0.412. The summed E-state index contributed by atoms with van der Waals surface area (Å²) in [5.41, 5.74) is 2.57. The largest absolute Gasteiger partial charge is 0.326 e. The Morgan fingerprint density at radius 2 is 2.04 bits per heavy atom. The van der Waals surface area contributed by atoms with Crippen LogP contribution in [0, 0.1) is 5.92 Å². The third-order valence-corrected chi connectivity index (χ3v) is 5.13. The summed E-state index contributed by atoms with van der Waals surface area (Å²) >= 11 is 0. The van der Waals surface area contributed by atoms with Gasteiger partial charge in [-0.05, 0) is 23.3 Å². The smallest absolute Gasteiger partial charge is 0.229 e. The molecule has 8 nitrogen and oxygen atoms in total. The lowest BCUT2D eigenvalue weighted by molar-refractivity contribution is -0.119. The Morgan fingerprint density at radius 3 is 2.65 bits per heavy atom. The molecule has 3 rings (SSSR count). The summed E-state index contributed by atoms with van der Waals surface area (Å²) in [7, 11) is -1.36. The third-order valence-electron chi connectivity index (χ3n) is 4.46. The molecule has 140 valence electrons. The fourth-order valence-corrected chi connectivity index (χ4v) is 3.52. The predicted molar refractivity (Wildman–Crippen MR) is 99.1 cm³/mol. The number of hydrogen-bond donors (Lipinski definition) is 3. The SMILES string of the molecule is Cn1cc([C@H]2CNC[C@@H]2C(=O)Nc2ccc(CNS(C)(=O)=O)cc2)cn1. The van der Waals surface area contributed by atoms with Gasteiger partial charge in [0.15, 0.2) is 0 Å². The van der Waals surface area contributed by atoms with Crippen molar-refractivity contribution in [3.63, 3.8) is 0 Å². The van der Waals surface area contributed by atoms with Crippen LogP contribution in [-0.4, -0.2) is 43.5 Å². The number of sulfonamides is 1. The van der Waals surface area contributed by atoms with E-state index in [9.17, 15) is 13.2 Å². The normalized spacial score (nSPS) is 20.2. The van der Waals surface area contributed by atoms with Gasteiger partial charge in [-0.1, -0.05) is 12.1 Å². The van der Waals surface area contributed by atoms with Crippen LogP contribution in [0.5, 0.6) is 0 Å². The highest BCUT2D eigenvalue weighted by atomic mass is 32.2. The van der Waals surface area contributed by atoms with E-state index in [0.717, 1.165) is 23.9 Å². The summed E-state index contributed by atoms with van der Waals surface area (Å²) in [4.78, 5) is 12.7. The van der Waals surface area contributed by atoms with Crippen molar-refractivity contribution in [3.05, 3.63) is 47.8 Å². The monoisotopic (exact) mass is 377 g/mol. The van der Waals surface area contributed by atoms with Gasteiger partial charge in [0.05, 0.1) is 18.4 Å². The van der Waals surface area contributed by atoms with Crippen LogP contribution in [0.4, 0.5) is 5.69 Å². The minimum atomic E-state index is -3.23. The minimum absolute atomic E-state index is 0.0362. The lowest BCUT2D eigenvalue weighted by atomic mass is 9.90. The lowest BCUT2D eigenvalue weighted by Crippen LogP contribution is -2.28. The molecule has 1 fully saturated rings. The van der Waals surface area contributed by atoms with Crippen molar-refractivity contribution in [1.29, 1.82) is 0 Å². The number of nitrogens with one attached hydrogen (secondary N) is 3. The van der Waals surface area contributed by atoms with E-state index in [0.29, 0.717) is 12.2 Å². The number of rotatable bonds is 6. The maximum Gasteiger partial charge on any atom is 0.229 e. The second-order valence-electron chi connectivity index (χ2n) is 6.60. The van der Waals surface area contributed by atoms with Crippen LogP contribution in [0.2, 0.25) is 0 Å². The van der Waals surface area contributed by atoms with Gasteiger partial charge in [0.2, 0.25) is 15.9 Å². The average molecular weight is 377 g/mol. The first-order valence-corrected chi connectivity index (χ1v) is 10.2. The highest BCUT2D eigenvalue weighted by molar-refractivity contribution is 7.88. The Hall–Kier alpha value is -2.23. The molecular weight excluding hydrogens is 354 g/mol. The van der Waals surface area contributed by atoms with E-state index >= 15 is 0 Å². The van der Waals surface area contributed by atoms with E-state index < -0.39 is 10.0 Å². The van der Waals surface area contributed by atoms with Crippen LogP contribution in [0.15, 0.2) is 36.7 Å². The standard InChI is InChI=1S/C17H23N5O3S/c1-22-11-13(8-19-22)15-9-18-10-16(15)17(23)21-14-5-3-12(4-6-14)7-20-26(2,24)25/h3-6,8,11,15-16,18,20H,7,9-10H2,1-2H3,(H,21,23)/t15-,16+/m1/s1.